The lowest BCUT2D eigenvalue weighted by molar-refractivity contribution is 0.439. The van der Waals surface area contributed by atoms with Crippen LogP contribution >= 0.6 is 15.9 Å². The van der Waals surface area contributed by atoms with E-state index in [1.807, 2.05) is 13.0 Å². The smallest absolute Gasteiger partial charge is 0.154 e. The van der Waals surface area contributed by atoms with Gasteiger partial charge in [-0.25, -0.2) is 8.42 Å². The third-order valence-electron chi connectivity index (χ3n) is 3.83. The number of rotatable bonds is 5. The van der Waals surface area contributed by atoms with Crippen LogP contribution in [0.15, 0.2) is 22.7 Å². The van der Waals surface area contributed by atoms with Crippen LogP contribution < -0.4 is 5.32 Å². The zero-order valence-corrected chi connectivity index (χ0v) is 13.9. The first-order valence-corrected chi connectivity index (χ1v) is 9.38. The number of hydrogen-bond donors (Lipinski definition) is 2. The molecule has 2 atom stereocenters. The van der Waals surface area contributed by atoms with Crippen molar-refractivity contribution in [1.29, 1.82) is 0 Å². The number of phenolic OH excluding ortho intramolecular Hbond substituents is 1. The van der Waals surface area contributed by atoms with Crippen LogP contribution in [0.5, 0.6) is 5.75 Å². The highest BCUT2D eigenvalue weighted by molar-refractivity contribution is 9.10. The third kappa shape index (κ3) is 3.54. The van der Waals surface area contributed by atoms with Gasteiger partial charge in [0.25, 0.3) is 0 Å². The Bertz CT molecular complexity index is 574. The van der Waals surface area contributed by atoms with Gasteiger partial charge in [0.15, 0.2) is 9.84 Å². The molecule has 1 aliphatic rings. The first kappa shape index (κ1) is 15.8. The maximum atomic E-state index is 11.8. The van der Waals surface area contributed by atoms with E-state index in [0.717, 1.165) is 29.3 Å². The van der Waals surface area contributed by atoms with Crippen LogP contribution in [0.3, 0.4) is 0 Å². The Morgan fingerprint density at radius 1 is 1.50 bits per heavy atom. The molecule has 0 spiro atoms. The fourth-order valence-corrected chi connectivity index (χ4v) is 4.80. The molecule has 0 aromatic heterocycles. The monoisotopic (exact) mass is 361 g/mol. The highest BCUT2D eigenvalue weighted by Gasteiger charge is 2.31. The lowest BCUT2D eigenvalue weighted by Gasteiger charge is -2.21. The second kappa shape index (κ2) is 6.45. The molecule has 1 heterocycles. The predicted octanol–water partition coefficient (Wildman–Crippen LogP) is 2.77. The molecule has 0 aliphatic carbocycles. The summed E-state index contributed by atoms with van der Waals surface area (Å²) in [5, 5.41) is 13.0. The molecule has 2 unspecified atom stereocenters. The Morgan fingerprint density at radius 3 is 2.85 bits per heavy atom. The number of nitrogens with one attached hydrogen (secondary N) is 1. The molecule has 4 nitrogen and oxygen atoms in total. The number of hydrogen-bond acceptors (Lipinski definition) is 4. The van der Waals surface area contributed by atoms with Crippen LogP contribution in [0.2, 0.25) is 0 Å². The molecular formula is C14H20BrNO3S. The molecule has 2 rings (SSSR count). The Kier molecular flexibility index (Phi) is 5.09. The van der Waals surface area contributed by atoms with Gasteiger partial charge in [-0.1, -0.05) is 22.9 Å². The molecule has 1 saturated heterocycles. The average Bonchev–Trinajstić information content (AvgIpc) is 2.73. The van der Waals surface area contributed by atoms with E-state index in [1.165, 1.54) is 0 Å². The molecule has 1 fully saturated rings. The second-order valence-corrected chi connectivity index (χ2v) is 8.52. The molecule has 0 amide bonds. The standard InChI is InChI=1S/C14H20BrNO3S/c1-2-13(12-8-10(15)5-6-14(12)17)16-9-11-4-3-7-20(11,18)19/h5-6,8,11,13,16-17H,2-4,7,9H2,1H3. The number of aromatic hydroxyl groups is 1. The summed E-state index contributed by atoms with van der Waals surface area (Å²) in [5.41, 5.74) is 0.803. The van der Waals surface area contributed by atoms with E-state index in [4.69, 9.17) is 0 Å². The Labute approximate surface area is 128 Å². The molecular weight excluding hydrogens is 342 g/mol. The van der Waals surface area contributed by atoms with Gasteiger partial charge in [0.2, 0.25) is 0 Å². The lowest BCUT2D eigenvalue weighted by Crippen LogP contribution is -2.33. The predicted molar refractivity (Wildman–Crippen MR) is 83.7 cm³/mol. The van der Waals surface area contributed by atoms with E-state index < -0.39 is 9.84 Å². The minimum absolute atomic E-state index is 0.0386. The molecule has 112 valence electrons. The van der Waals surface area contributed by atoms with Crippen molar-refractivity contribution in [2.24, 2.45) is 0 Å². The number of sulfone groups is 1. The summed E-state index contributed by atoms with van der Waals surface area (Å²) in [6.45, 7) is 2.47. The first-order valence-electron chi connectivity index (χ1n) is 6.87. The van der Waals surface area contributed by atoms with Gasteiger partial charge < -0.3 is 10.4 Å². The minimum atomic E-state index is -2.93. The zero-order valence-electron chi connectivity index (χ0n) is 11.5. The van der Waals surface area contributed by atoms with Crippen LogP contribution in [0.25, 0.3) is 0 Å². The summed E-state index contributed by atoms with van der Waals surface area (Å²) < 4.78 is 24.5. The van der Waals surface area contributed by atoms with Crippen molar-refractivity contribution >= 4 is 25.8 Å². The zero-order chi connectivity index (χ0) is 14.8. The number of phenols is 1. The van der Waals surface area contributed by atoms with Crippen molar-refractivity contribution in [3.63, 3.8) is 0 Å². The topological polar surface area (TPSA) is 66.4 Å². The van der Waals surface area contributed by atoms with Crippen molar-refractivity contribution in [1.82, 2.24) is 5.32 Å². The Hall–Kier alpha value is -0.590. The lowest BCUT2D eigenvalue weighted by atomic mass is 10.0. The molecule has 1 aromatic rings. The Balaban J connectivity index is 2.08. The van der Waals surface area contributed by atoms with E-state index >= 15 is 0 Å². The van der Waals surface area contributed by atoms with E-state index in [-0.39, 0.29) is 17.0 Å². The van der Waals surface area contributed by atoms with Crippen molar-refractivity contribution < 1.29 is 13.5 Å². The van der Waals surface area contributed by atoms with Crippen LogP contribution in [0, 0.1) is 0 Å². The first-order chi connectivity index (χ1) is 9.44. The summed E-state index contributed by atoms with van der Waals surface area (Å²) in [4.78, 5) is 0. The van der Waals surface area contributed by atoms with Gasteiger partial charge in [-0.2, -0.15) is 0 Å². The van der Waals surface area contributed by atoms with Crippen molar-refractivity contribution in [2.75, 3.05) is 12.3 Å². The summed E-state index contributed by atoms with van der Waals surface area (Å²) >= 11 is 3.39. The van der Waals surface area contributed by atoms with Gasteiger partial charge in [0.05, 0.1) is 11.0 Å². The molecule has 0 saturated carbocycles. The van der Waals surface area contributed by atoms with Crippen LogP contribution in [0.4, 0.5) is 0 Å². The quantitative estimate of drug-likeness (QED) is 0.845. The maximum Gasteiger partial charge on any atom is 0.154 e. The van der Waals surface area contributed by atoms with E-state index in [0.29, 0.717) is 12.3 Å². The molecule has 0 bridgehead atoms. The van der Waals surface area contributed by atoms with Gasteiger partial charge in [0.1, 0.15) is 5.75 Å². The minimum Gasteiger partial charge on any atom is -0.508 e. The van der Waals surface area contributed by atoms with Gasteiger partial charge in [-0.05, 0) is 37.5 Å². The summed E-state index contributed by atoms with van der Waals surface area (Å²) in [6, 6.07) is 5.27. The normalized spacial score (nSPS) is 22.8. The summed E-state index contributed by atoms with van der Waals surface area (Å²) in [6.07, 6.45) is 2.28. The summed E-state index contributed by atoms with van der Waals surface area (Å²) in [5.74, 6) is 0.542. The molecule has 0 radical (unpaired) electrons. The fraction of sp³-hybridized carbons (Fsp3) is 0.571. The molecule has 6 heteroatoms. The van der Waals surface area contributed by atoms with E-state index in [9.17, 15) is 13.5 Å². The highest BCUT2D eigenvalue weighted by Crippen LogP contribution is 2.30. The van der Waals surface area contributed by atoms with Crippen molar-refractivity contribution in [2.45, 2.75) is 37.5 Å². The number of halogens is 1. The fourth-order valence-electron chi connectivity index (χ4n) is 2.64. The van der Waals surface area contributed by atoms with Crippen LogP contribution in [0.1, 0.15) is 37.8 Å². The van der Waals surface area contributed by atoms with Crippen molar-refractivity contribution in [3.05, 3.63) is 28.2 Å². The van der Waals surface area contributed by atoms with Gasteiger partial charge >= 0.3 is 0 Å². The Morgan fingerprint density at radius 2 is 2.25 bits per heavy atom. The van der Waals surface area contributed by atoms with Crippen molar-refractivity contribution in [3.8, 4) is 5.75 Å². The summed E-state index contributed by atoms with van der Waals surface area (Å²) in [7, 11) is -2.93. The molecule has 1 aliphatic heterocycles. The van der Waals surface area contributed by atoms with Crippen LogP contribution in [-0.2, 0) is 9.84 Å². The van der Waals surface area contributed by atoms with Crippen LogP contribution in [-0.4, -0.2) is 31.1 Å². The van der Waals surface area contributed by atoms with Gasteiger partial charge in [-0.15, -0.1) is 0 Å². The average molecular weight is 362 g/mol. The molecule has 20 heavy (non-hydrogen) atoms. The van der Waals surface area contributed by atoms with E-state index in [1.54, 1.807) is 12.1 Å². The number of benzene rings is 1. The van der Waals surface area contributed by atoms with Gasteiger partial charge in [-0.3, -0.25) is 0 Å². The van der Waals surface area contributed by atoms with Gasteiger partial charge in [0, 0.05) is 22.6 Å². The van der Waals surface area contributed by atoms with E-state index in [2.05, 4.69) is 21.2 Å². The third-order valence-corrected chi connectivity index (χ3v) is 6.60. The largest absolute Gasteiger partial charge is 0.508 e. The molecule has 1 aromatic carbocycles. The second-order valence-electron chi connectivity index (χ2n) is 5.20. The SMILES string of the molecule is CCC(NCC1CCCS1(=O)=O)c1cc(Br)ccc1O. The maximum absolute atomic E-state index is 11.8. The molecule has 2 N–H and O–H groups in total. The highest BCUT2D eigenvalue weighted by atomic mass is 79.9.